The Balaban J connectivity index is 1.64. The molecule has 0 aliphatic heterocycles. The molecule has 180 valence electrons. The van der Waals surface area contributed by atoms with Gasteiger partial charge in [-0.2, -0.15) is 5.10 Å². The smallest absolute Gasteiger partial charge is 0.272 e. The summed E-state index contributed by atoms with van der Waals surface area (Å²) < 4.78 is 12.5. The van der Waals surface area contributed by atoms with Crippen molar-refractivity contribution in [3.8, 4) is 28.4 Å². The van der Waals surface area contributed by atoms with Crippen LogP contribution in [-0.2, 0) is 6.42 Å². The lowest BCUT2D eigenvalue weighted by atomic mass is 10.1. The largest absolute Gasteiger partial charge is 0.493 e. The summed E-state index contributed by atoms with van der Waals surface area (Å²) in [7, 11) is 5.06. The maximum Gasteiger partial charge on any atom is 0.272 e. The number of benzene rings is 3. The minimum absolute atomic E-state index is 0.0823. The van der Waals surface area contributed by atoms with E-state index in [1.54, 1.807) is 23.8 Å². The molecule has 6 nitrogen and oxygen atoms in total. The highest BCUT2D eigenvalue weighted by atomic mass is 16.5. The molecular weight excluding hydrogens is 438 g/mol. The van der Waals surface area contributed by atoms with Crippen LogP contribution in [0.15, 0.2) is 72.8 Å². The van der Waals surface area contributed by atoms with E-state index >= 15 is 0 Å². The minimum atomic E-state index is -0.0823. The molecule has 0 saturated carbocycles. The number of rotatable bonds is 8. The number of hydrogen-bond donors (Lipinski definition) is 0. The molecule has 0 unspecified atom stereocenters. The van der Waals surface area contributed by atoms with Gasteiger partial charge in [-0.15, -0.1) is 0 Å². The molecule has 0 fully saturated rings. The second-order valence-corrected chi connectivity index (χ2v) is 8.65. The van der Waals surface area contributed by atoms with Crippen LogP contribution in [0.4, 0.5) is 0 Å². The first-order valence-corrected chi connectivity index (χ1v) is 11.6. The Morgan fingerprint density at radius 1 is 0.914 bits per heavy atom. The standard InChI is InChI=1S/C29H31N3O3/c1-20-11-12-21(2)25(17-20)32-26(19-24(30-32)23-9-7-6-8-10-23)29(33)31(3)16-15-22-13-14-27(34-4)28(18-22)35-5/h6-14,17-19H,15-16H2,1-5H3. The summed E-state index contributed by atoms with van der Waals surface area (Å²) in [4.78, 5) is 15.4. The Labute approximate surface area is 206 Å². The molecule has 0 saturated heterocycles. The summed E-state index contributed by atoms with van der Waals surface area (Å²) in [6, 6.07) is 23.8. The second-order valence-electron chi connectivity index (χ2n) is 8.65. The van der Waals surface area contributed by atoms with Gasteiger partial charge in [-0.25, -0.2) is 4.68 Å². The van der Waals surface area contributed by atoms with Gasteiger partial charge in [-0.3, -0.25) is 4.79 Å². The van der Waals surface area contributed by atoms with Crippen LogP contribution in [-0.4, -0.2) is 48.4 Å². The number of carbonyl (C=O) groups is 1. The van der Waals surface area contributed by atoms with Crippen LogP contribution in [0.5, 0.6) is 11.5 Å². The zero-order valence-electron chi connectivity index (χ0n) is 20.9. The number of methoxy groups -OCH3 is 2. The first-order chi connectivity index (χ1) is 16.9. The summed E-state index contributed by atoms with van der Waals surface area (Å²) in [5, 5.41) is 4.85. The predicted molar refractivity (Wildman–Crippen MR) is 139 cm³/mol. The van der Waals surface area contributed by atoms with Crippen LogP contribution < -0.4 is 9.47 Å². The van der Waals surface area contributed by atoms with Crippen LogP contribution in [0.25, 0.3) is 16.9 Å². The van der Waals surface area contributed by atoms with Crippen molar-refractivity contribution in [2.45, 2.75) is 20.3 Å². The van der Waals surface area contributed by atoms with E-state index in [-0.39, 0.29) is 5.91 Å². The first kappa shape index (κ1) is 24.1. The number of aryl methyl sites for hydroxylation is 2. The highest BCUT2D eigenvalue weighted by Gasteiger charge is 2.22. The molecule has 6 heteroatoms. The van der Waals surface area contributed by atoms with E-state index in [1.165, 1.54) is 0 Å². The van der Waals surface area contributed by atoms with E-state index in [2.05, 4.69) is 18.2 Å². The fraction of sp³-hybridized carbons (Fsp3) is 0.241. The summed E-state index contributed by atoms with van der Waals surface area (Å²) in [6.07, 6.45) is 0.686. The third-order valence-corrected chi connectivity index (χ3v) is 6.12. The van der Waals surface area contributed by atoms with Crippen LogP contribution in [0, 0.1) is 13.8 Å². The Kier molecular flexibility index (Phi) is 7.20. The van der Waals surface area contributed by atoms with Crippen molar-refractivity contribution >= 4 is 5.91 Å². The molecule has 35 heavy (non-hydrogen) atoms. The van der Waals surface area contributed by atoms with E-state index in [4.69, 9.17) is 14.6 Å². The monoisotopic (exact) mass is 469 g/mol. The highest BCUT2D eigenvalue weighted by Crippen LogP contribution is 2.28. The van der Waals surface area contributed by atoms with Crippen molar-refractivity contribution in [1.82, 2.24) is 14.7 Å². The number of hydrogen-bond acceptors (Lipinski definition) is 4. The zero-order valence-corrected chi connectivity index (χ0v) is 20.9. The molecule has 0 radical (unpaired) electrons. The lowest BCUT2D eigenvalue weighted by Crippen LogP contribution is -2.30. The fourth-order valence-corrected chi connectivity index (χ4v) is 4.04. The third kappa shape index (κ3) is 5.22. The van der Waals surface area contributed by atoms with Crippen molar-refractivity contribution in [3.05, 3.63) is 95.2 Å². The third-order valence-electron chi connectivity index (χ3n) is 6.12. The molecular formula is C29H31N3O3. The summed E-state index contributed by atoms with van der Waals surface area (Å²) in [5.74, 6) is 1.28. The molecule has 4 rings (SSSR count). The fourth-order valence-electron chi connectivity index (χ4n) is 4.04. The van der Waals surface area contributed by atoms with Gasteiger partial charge >= 0.3 is 0 Å². The number of nitrogens with zero attached hydrogens (tertiary/aromatic N) is 3. The molecule has 0 aliphatic rings. The Morgan fingerprint density at radius 3 is 2.37 bits per heavy atom. The van der Waals surface area contributed by atoms with Crippen molar-refractivity contribution in [3.63, 3.8) is 0 Å². The van der Waals surface area contributed by atoms with E-state index < -0.39 is 0 Å². The highest BCUT2D eigenvalue weighted by molar-refractivity contribution is 5.94. The molecule has 4 aromatic rings. The minimum Gasteiger partial charge on any atom is -0.493 e. The Hall–Kier alpha value is -4.06. The van der Waals surface area contributed by atoms with Crippen molar-refractivity contribution in [2.24, 2.45) is 0 Å². The normalized spacial score (nSPS) is 10.8. The molecule has 3 aromatic carbocycles. The van der Waals surface area contributed by atoms with Crippen molar-refractivity contribution < 1.29 is 14.3 Å². The summed E-state index contributed by atoms with van der Waals surface area (Å²) in [6.45, 7) is 4.63. The van der Waals surface area contributed by atoms with Crippen molar-refractivity contribution in [2.75, 3.05) is 27.8 Å². The van der Waals surface area contributed by atoms with Gasteiger partial charge in [0.25, 0.3) is 5.91 Å². The quantitative estimate of drug-likeness (QED) is 0.343. The van der Waals surface area contributed by atoms with Gasteiger partial charge in [-0.1, -0.05) is 48.5 Å². The molecule has 0 N–H and O–H groups in total. The van der Waals surface area contributed by atoms with Gasteiger partial charge < -0.3 is 14.4 Å². The first-order valence-electron chi connectivity index (χ1n) is 11.6. The van der Waals surface area contributed by atoms with Gasteiger partial charge in [0.05, 0.1) is 25.6 Å². The van der Waals surface area contributed by atoms with Crippen LogP contribution in [0.3, 0.4) is 0 Å². The van der Waals surface area contributed by atoms with Gasteiger partial charge in [-0.05, 0) is 61.2 Å². The number of carbonyl (C=O) groups excluding carboxylic acids is 1. The number of amides is 1. The van der Waals surface area contributed by atoms with Crippen LogP contribution in [0.2, 0.25) is 0 Å². The Morgan fingerprint density at radius 2 is 1.66 bits per heavy atom. The maximum absolute atomic E-state index is 13.6. The maximum atomic E-state index is 13.6. The summed E-state index contributed by atoms with van der Waals surface area (Å²) in [5.41, 5.74) is 6.41. The molecule has 0 atom stereocenters. The lowest BCUT2D eigenvalue weighted by Gasteiger charge is -2.19. The lowest BCUT2D eigenvalue weighted by molar-refractivity contribution is 0.0787. The van der Waals surface area contributed by atoms with Gasteiger partial charge in [0.15, 0.2) is 11.5 Å². The van der Waals surface area contributed by atoms with E-state index in [9.17, 15) is 4.79 Å². The van der Waals surface area contributed by atoms with E-state index in [0.717, 1.165) is 33.6 Å². The number of ether oxygens (including phenoxy) is 2. The predicted octanol–water partition coefficient (Wildman–Crippen LogP) is 5.49. The van der Waals surface area contributed by atoms with Gasteiger partial charge in [0.2, 0.25) is 0 Å². The van der Waals surface area contributed by atoms with Crippen LogP contribution >= 0.6 is 0 Å². The molecule has 0 aliphatic carbocycles. The average molecular weight is 470 g/mol. The number of likely N-dealkylation sites (N-methyl/N-ethyl adjacent to an activating group) is 1. The van der Waals surface area contributed by atoms with Gasteiger partial charge in [0.1, 0.15) is 5.69 Å². The average Bonchev–Trinajstić information content (AvgIpc) is 3.33. The van der Waals surface area contributed by atoms with Crippen molar-refractivity contribution in [1.29, 1.82) is 0 Å². The molecule has 1 heterocycles. The number of aromatic nitrogens is 2. The Bertz CT molecular complexity index is 1330. The second kappa shape index (κ2) is 10.5. The van der Waals surface area contributed by atoms with Crippen LogP contribution in [0.1, 0.15) is 27.2 Å². The molecule has 1 aromatic heterocycles. The zero-order chi connectivity index (χ0) is 24.9. The summed E-state index contributed by atoms with van der Waals surface area (Å²) >= 11 is 0. The SMILES string of the molecule is COc1ccc(CCN(C)C(=O)c2cc(-c3ccccc3)nn2-c2cc(C)ccc2C)cc1OC. The van der Waals surface area contributed by atoms with Gasteiger partial charge in [0, 0.05) is 19.2 Å². The van der Waals surface area contributed by atoms with E-state index in [1.807, 2.05) is 75.5 Å². The molecule has 1 amide bonds. The topological polar surface area (TPSA) is 56.6 Å². The molecule has 0 bridgehead atoms. The van der Waals surface area contributed by atoms with E-state index in [0.29, 0.717) is 30.2 Å². The molecule has 0 spiro atoms.